The third-order valence-corrected chi connectivity index (χ3v) is 4.81. The van der Waals surface area contributed by atoms with Crippen molar-refractivity contribution in [1.82, 2.24) is 14.5 Å². The molecular formula is C16H17N3OS. The van der Waals surface area contributed by atoms with E-state index in [-0.39, 0.29) is 0 Å². The van der Waals surface area contributed by atoms with E-state index in [0.29, 0.717) is 5.92 Å². The van der Waals surface area contributed by atoms with Crippen molar-refractivity contribution in [1.29, 1.82) is 0 Å². The first-order valence-electron chi connectivity index (χ1n) is 7.33. The Kier molecular flexibility index (Phi) is 3.45. The Balaban J connectivity index is 1.80. The average Bonchev–Trinajstić information content (AvgIpc) is 3.17. The maximum Gasteiger partial charge on any atom is 0.160 e. The van der Waals surface area contributed by atoms with E-state index in [9.17, 15) is 0 Å². The first-order chi connectivity index (χ1) is 10.4. The van der Waals surface area contributed by atoms with Crippen LogP contribution >= 0.6 is 11.3 Å². The van der Waals surface area contributed by atoms with E-state index in [0.717, 1.165) is 49.6 Å². The SMILES string of the molecule is c1csc(Cn2c(C3CCCOC3)nc3cccnc32)c1. The second-order valence-electron chi connectivity index (χ2n) is 5.40. The number of fused-ring (bicyclic) bond motifs is 1. The molecule has 0 N–H and O–H groups in total. The van der Waals surface area contributed by atoms with E-state index in [1.165, 1.54) is 4.88 Å². The molecule has 1 saturated heterocycles. The predicted octanol–water partition coefficient (Wildman–Crippen LogP) is 3.44. The molecule has 0 aliphatic carbocycles. The first kappa shape index (κ1) is 13.0. The van der Waals surface area contributed by atoms with Crippen LogP contribution in [0.4, 0.5) is 0 Å². The van der Waals surface area contributed by atoms with Crippen molar-refractivity contribution >= 4 is 22.5 Å². The van der Waals surface area contributed by atoms with E-state index in [4.69, 9.17) is 9.72 Å². The lowest BCUT2D eigenvalue weighted by Gasteiger charge is -2.22. The fourth-order valence-corrected chi connectivity index (χ4v) is 3.64. The highest BCUT2D eigenvalue weighted by Gasteiger charge is 2.23. The molecule has 1 fully saturated rings. The molecule has 0 saturated carbocycles. The van der Waals surface area contributed by atoms with Crippen LogP contribution in [0.15, 0.2) is 35.8 Å². The minimum Gasteiger partial charge on any atom is -0.381 e. The highest BCUT2D eigenvalue weighted by Crippen LogP contribution is 2.28. The van der Waals surface area contributed by atoms with Gasteiger partial charge in [0.15, 0.2) is 5.65 Å². The zero-order valence-electron chi connectivity index (χ0n) is 11.7. The van der Waals surface area contributed by atoms with Gasteiger partial charge in [-0.25, -0.2) is 9.97 Å². The van der Waals surface area contributed by atoms with Gasteiger partial charge in [0.05, 0.1) is 13.2 Å². The molecule has 1 atom stereocenters. The third kappa shape index (κ3) is 2.47. The van der Waals surface area contributed by atoms with Crippen molar-refractivity contribution in [2.75, 3.05) is 13.2 Å². The van der Waals surface area contributed by atoms with E-state index in [1.807, 2.05) is 18.3 Å². The Morgan fingerprint density at radius 3 is 3.14 bits per heavy atom. The van der Waals surface area contributed by atoms with Crippen LogP contribution in [-0.4, -0.2) is 27.7 Å². The van der Waals surface area contributed by atoms with Gasteiger partial charge < -0.3 is 9.30 Å². The monoisotopic (exact) mass is 299 g/mol. The van der Waals surface area contributed by atoms with Gasteiger partial charge in [-0.2, -0.15) is 0 Å². The maximum atomic E-state index is 5.65. The Bertz CT molecular complexity index is 729. The molecule has 0 aromatic carbocycles. The van der Waals surface area contributed by atoms with Gasteiger partial charge in [-0.15, -0.1) is 11.3 Å². The Hall–Kier alpha value is -1.72. The summed E-state index contributed by atoms with van der Waals surface area (Å²) in [7, 11) is 0. The van der Waals surface area contributed by atoms with E-state index >= 15 is 0 Å². The van der Waals surface area contributed by atoms with Crippen LogP contribution in [0.25, 0.3) is 11.2 Å². The van der Waals surface area contributed by atoms with E-state index < -0.39 is 0 Å². The fourth-order valence-electron chi connectivity index (χ4n) is 2.95. The van der Waals surface area contributed by atoms with Gasteiger partial charge in [0.2, 0.25) is 0 Å². The van der Waals surface area contributed by atoms with Crippen molar-refractivity contribution in [3.8, 4) is 0 Å². The molecule has 4 nitrogen and oxygen atoms in total. The summed E-state index contributed by atoms with van der Waals surface area (Å²) in [6, 6.07) is 8.25. The molecule has 0 radical (unpaired) electrons. The fraction of sp³-hybridized carbons (Fsp3) is 0.375. The van der Waals surface area contributed by atoms with E-state index in [2.05, 4.69) is 27.1 Å². The number of hydrogen-bond donors (Lipinski definition) is 0. The van der Waals surface area contributed by atoms with Crippen LogP contribution in [0.5, 0.6) is 0 Å². The van der Waals surface area contributed by atoms with Crippen LogP contribution in [0, 0.1) is 0 Å². The number of rotatable bonds is 3. The van der Waals surface area contributed by atoms with Gasteiger partial charge in [-0.1, -0.05) is 6.07 Å². The van der Waals surface area contributed by atoms with Crippen molar-refractivity contribution in [3.05, 3.63) is 46.5 Å². The average molecular weight is 299 g/mol. The number of pyridine rings is 1. The molecular weight excluding hydrogens is 282 g/mol. The minimum absolute atomic E-state index is 0.382. The third-order valence-electron chi connectivity index (χ3n) is 3.95. The highest BCUT2D eigenvalue weighted by molar-refractivity contribution is 7.09. The summed E-state index contributed by atoms with van der Waals surface area (Å²) in [6.07, 6.45) is 4.10. The summed E-state index contributed by atoms with van der Waals surface area (Å²) in [5, 5.41) is 2.12. The Labute approximate surface area is 127 Å². The zero-order chi connectivity index (χ0) is 14.1. The summed E-state index contributed by atoms with van der Waals surface area (Å²) < 4.78 is 7.92. The number of thiophene rings is 1. The zero-order valence-corrected chi connectivity index (χ0v) is 12.6. The molecule has 0 spiro atoms. The van der Waals surface area contributed by atoms with Gasteiger partial charge in [-0.3, -0.25) is 0 Å². The molecule has 0 bridgehead atoms. The molecule has 21 heavy (non-hydrogen) atoms. The molecule has 108 valence electrons. The largest absolute Gasteiger partial charge is 0.381 e. The predicted molar refractivity (Wildman–Crippen MR) is 83.7 cm³/mol. The van der Waals surface area contributed by atoms with Gasteiger partial charge in [0, 0.05) is 23.6 Å². The maximum absolute atomic E-state index is 5.65. The Morgan fingerprint density at radius 1 is 1.33 bits per heavy atom. The lowest BCUT2D eigenvalue weighted by atomic mass is 10.0. The van der Waals surface area contributed by atoms with Crippen LogP contribution in [0.1, 0.15) is 29.5 Å². The Morgan fingerprint density at radius 2 is 2.33 bits per heavy atom. The molecule has 4 heterocycles. The van der Waals surface area contributed by atoms with Gasteiger partial charge >= 0.3 is 0 Å². The standard InChI is InChI=1S/C16H17N3OS/c1-6-14-16(17-7-1)19(10-13-5-3-9-21-13)15(18-14)12-4-2-8-20-11-12/h1,3,5-7,9,12H,2,4,8,10-11H2. The number of hydrogen-bond acceptors (Lipinski definition) is 4. The summed E-state index contributed by atoms with van der Waals surface area (Å²) in [5.41, 5.74) is 1.96. The lowest BCUT2D eigenvalue weighted by Crippen LogP contribution is -2.19. The number of aromatic nitrogens is 3. The van der Waals surface area contributed by atoms with Crippen molar-refractivity contribution in [3.63, 3.8) is 0 Å². The summed E-state index contributed by atoms with van der Waals surface area (Å²) >= 11 is 1.78. The van der Waals surface area contributed by atoms with Crippen LogP contribution in [-0.2, 0) is 11.3 Å². The molecule has 3 aromatic rings. The minimum atomic E-state index is 0.382. The number of ether oxygens (including phenoxy) is 1. The van der Waals surface area contributed by atoms with Crippen LogP contribution < -0.4 is 0 Å². The van der Waals surface area contributed by atoms with Crippen LogP contribution in [0.2, 0.25) is 0 Å². The molecule has 5 heteroatoms. The molecule has 1 aliphatic rings. The number of nitrogens with zero attached hydrogens (tertiary/aromatic N) is 3. The van der Waals surface area contributed by atoms with Crippen LogP contribution in [0.3, 0.4) is 0 Å². The molecule has 1 aliphatic heterocycles. The van der Waals surface area contributed by atoms with Gasteiger partial charge in [-0.05, 0) is 36.4 Å². The summed E-state index contributed by atoms with van der Waals surface area (Å²) in [6.45, 7) is 2.49. The quantitative estimate of drug-likeness (QED) is 0.744. The lowest BCUT2D eigenvalue weighted by molar-refractivity contribution is 0.0773. The second-order valence-corrected chi connectivity index (χ2v) is 6.43. The second kappa shape index (κ2) is 5.58. The van der Waals surface area contributed by atoms with Crippen molar-refractivity contribution < 1.29 is 4.74 Å². The normalized spacial score (nSPS) is 19.1. The highest BCUT2D eigenvalue weighted by atomic mass is 32.1. The van der Waals surface area contributed by atoms with Gasteiger partial charge in [0.25, 0.3) is 0 Å². The van der Waals surface area contributed by atoms with Crippen molar-refractivity contribution in [2.45, 2.75) is 25.3 Å². The number of imidazole rings is 1. The smallest absolute Gasteiger partial charge is 0.160 e. The molecule has 1 unspecified atom stereocenters. The van der Waals surface area contributed by atoms with Gasteiger partial charge in [0.1, 0.15) is 11.3 Å². The first-order valence-corrected chi connectivity index (χ1v) is 8.21. The van der Waals surface area contributed by atoms with E-state index in [1.54, 1.807) is 11.3 Å². The molecule has 4 rings (SSSR count). The van der Waals surface area contributed by atoms with Crippen molar-refractivity contribution in [2.24, 2.45) is 0 Å². The molecule has 3 aromatic heterocycles. The molecule has 0 amide bonds. The summed E-state index contributed by atoms with van der Waals surface area (Å²) in [5.74, 6) is 1.50. The summed E-state index contributed by atoms with van der Waals surface area (Å²) in [4.78, 5) is 10.7. The topological polar surface area (TPSA) is 39.9 Å².